The van der Waals surface area contributed by atoms with Gasteiger partial charge in [0.1, 0.15) is 5.75 Å². The minimum absolute atomic E-state index is 0.00215. The number of fused-ring (bicyclic) bond motifs is 1. The van der Waals surface area contributed by atoms with Gasteiger partial charge in [0.2, 0.25) is 0 Å². The summed E-state index contributed by atoms with van der Waals surface area (Å²) in [6, 6.07) is 0. The lowest BCUT2D eigenvalue weighted by Crippen LogP contribution is -2.23. The van der Waals surface area contributed by atoms with Crippen molar-refractivity contribution in [1.29, 1.82) is 0 Å². The number of carbonyl (C=O) groups excluding carboxylic acids is 2. The van der Waals surface area contributed by atoms with E-state index in [0.717, 1.165) is 11.1 Å². The first-order valence-electron chi connectivity index (χ1n) is 8.84. The van der Waals surface area contributed by atoms with Gasteiger partial charge in [0.15, 0.2) is 18.4 Å². The van der Waals surface area contributed by atoms with Gasteiger partial charge in [-0.1, -0.05) is 13.8 Å². The van der Waals surface area contributed by atoms with Crippen LogP contribution in [-0.4, -0.2) is 36.7 Å². The Morgan fingerprint density at radius 3 is 2.24 bits per heavy atom. The Labute approximate surface area is 149 Å². The second-order valence-corrected chi connectivity index (χ2v) is 7.31. The van der Waals surface area contributed by atoms with Crippen LogP contribution in [0.4, 0.5) is 0 Å². The van der Waals surface area contributed by atoms with Gasteiger partial charge in [-0.3, -0.25) is 9.59 Å². The number of rotatable bonds is 8. The van der Waals surface area contributed by atoms with Gasteiger partial charge in [0.25, 0.3) is 0 Å². The third kappa shape index (κ3) is 3.93. The van der Waals surface area contributed by atoms with Crippen molar-refractivity contribution in [2.75, 3.05) is 13.2 Å². The molecule has 5 nitrogen and oxygen atoms in total. The van der Waals surface area contributed by atoms with E-state index in [1.54, 1.807) is 0 Å². The molecule has 0 saturated carbocycles. The van der Waals surface area contributed by atoms with Crippen molar-refractivity contribution in [2.24, 2.45) is 5.41 Å². The number of ether oxygens (including phenoxy) is 2. The van der Waals surface area contributed by atoms with E-state index in [1.165, 1.54) is 6.92 Å². The van der Waals surface area contributed by atoms with Crippen LogP contribution in [0.15, 0.2) is 0 Å². The van der Waals surface area contributed by atoms with Gasteiger partial charge in [-0.2, -0.15) is 0 Å². The Balaban J connectivity index is 2.64. The molecule has 0 aromatic heterocycles. The Morgan fingerprint density at radius 2 is 1.76 bits per heavy atom. The van der Waals surface area contributed by atoms with Crippen molar-refractivity contribution in [3.63, 3.8) is 0 Å². The molecule has 0 spiro atoms. The summed E-state index contributed by atoms with van der Waals surface area (Å²) < 4.78 is 11.2. The fourth-order valence-corrected chi connectivity index (χ4v) is 3.79. The summed E-state index contributed by atoms with van der Waals surface area (Å²) in [5, 5.41) is 10.7. The number of aldehydes is 1. The number of phenolic OH excluding ortho intramolecular Hbond substituents is 1. The zero-order valence-corrected chi connectivity index (χ0v) is 15.8. The number of aromatic hydroxyl groups is 1. The number of ketones is 1. The number of Topliss-reactive ketones (excluding diaryl/α,β-unsaturated/α-hetero) is 1. The van der Waals surface area contributed by atoms with Crippen LogP contribution in [0.3, 0.4) is 0 Å². The van der Waals surface area contributed by atoms with Gasteiger partial charge in [-0.05, 0) is 55.7 Å². The van der Waals surface area contributed by atoms with Crippen molar-refractivity contribution >= 4 is 12.1 Å². The topological polar surface area (TPSA) is 72.8 Å². The maximum Gasteiger partial charge on any atom is 0.161 e. The Bertz CT molecular complexity index is 669. The second kappa shape index (κ2) is 7.67. The highest BCUT2D eigenvalue weighted by molar-refractivity contribution is 6.01. The normalized spacial score (nSPS) is 15.4. The van der Waals surface area contributed by atoms with Gasteiger partial charge < -0.3 is 14.6 Å². The second-order valence-electron chi connectivity index (χ2n) is 7.31. The van der Waals surface area contributed by atoms with Gasteiger partial charge in [-0.15, -0.1) is 0 Å². The van der Waals surface area contributed by atoms with E-state index in [1.807, 2.05) is 13.8 Å². The van der Waals surface area contributed by atoms with Crippen LogP contribution in [0.2, 0.25) is 0 Å². The van der Waals surface area contributed by atoms with Crippen LogP contribution in [0.25, 0.3) is 0 Å². The molecule has 0 saturated heterocycles. The number of carbonyl (C=O) groups is 2. The highest BCUT2D eigenvalue weighted by atomic mass is 16.7. The quantitative estimate of drug-likeness (QED) is 0.442. The molecule has 0 bridgehead atoms. The largest absolute Gasteiger partial charge is 0.507 e. The molecule has 0 atom stereocenters. The van der Waals surface area contributed by atoms with Crippen LogP contribution in [-0.2, 0) is 28.7 Å². The molecule has 1 aliphatic carbocycles. The van der Waals surface area contributed by atoms with E-state index in [9.17, 15) is 14.7 Å². The maximum absolute atomic E-state index is 12.4. The molecule has 0 aliphatic heterocycles. The van der Waals surface area contributed by atoms with Crippen LogP contribution >= 0.6 is 0 Å². The summed E-state index contributed by atoms with van der Waals surface area (Å²) in [5.74, 6) is -0.0962. The molecule has 25 heavy (non-hydrogen) atoms. The molecule has 2 rings (SSSR count). The van der Waals surface area contributed by atoms with Crippen LogP contribution in [0, 0.1) is 5.41 Å². The number of hydrogen-bond acceptors (Lipinski definition) is 5. The zero-order valence-electron chi connectivity index (χ0n) is 15.8. The Kier molecular flexibility index (Phi) is 6.01. The van der Waals surface area contributed by atoms with Crippen LogP contribution in [0.5, 0.6) is 5.75 Å². The molecule has 138 valence electrons. The van der Waals surface area contributed by atoms with Crippen molar-refractivity contribution in [3.8, 4) is 5.75 Å². The first-order valence-corrected chi connectivity index (χ1v) is 8.84. The molecule has 1 aromatic rings. The molecule has 0 unspecified atom stereocenters. The highest BCUT2D eigenvalue weighted by Gasteiger charge is 2.36. The third-order valence-corrected chi connectivity index (χ3v) is 4.69. The van der Waals surface area contributed by atoms with E-state index in [0.29, 0.717) is 43.5 Å². The molecule has 0 fully saturated rings. The minimum atomic E-state index is -0.557. The molecule has 1 N–H and O–H groups in total. The standard InChI is InChI=1S/C20H28O5/c1-6-24-17(25-7-2)8-13-16(11-21)19(23)15-10-20(4,5)9-14(15)18(13)12(3)22/h11,17,23H,6-10H2,1-5H3. The molecule has 5 heteroatoms. The fourth-order valence-electron chi connectivity index (χ4n) is 3.79. The Hall–Kier alpha value is -1.72. The average Bonchev–Trinajstić information content (AvgIpc) is 2.83. The summed E-state index contributed by atoms with van der Waals surface area (Å²) in [6.07, 6.45) is 1.68. The molecule has 0 radical (unpaired) electrons. The van der Waals surface area contributed by atoms with Gasteiger partial charge in [0.05, 0.1) is 5.56 Å². The summed E-state index contributed by atoms with van der Waals surface area (Å²) in [4.78, 5) is 24.2. The summed E-state index contributed by atoms with van der Waals surface area (Å²) in [7, 11) is 0. The van der Waals surface area contributed by atoms with Gasteiger partial charge in [-0.25, -0.2) is 0 Å². The van der Waals surface area contributed by atoms with Crippen molar-refractivity contribution in [2.45, 2.75) is 60.2 Å². The number of hydrogen-bond donors (Lipinski definition) is 1. The zero-order chi connectivity index (χ0) is 18.8. The summed E-state index contributed by atoms with van der Waals surface area (Å²) >= 11 is 0. The summed E-state index contributed by atoms with van der Waals surface area (Å²) in [6.45, 7) is 10.3. The number of phenols is 1. The minimum Gasteiger partial charge on any atom is -0.507 e. The first-order chi connectivity index (χ1) is 11.8. The maximum atomic E-state index is 12.4. The summed E-state index contributed by atoms with van der Waals surface area (Å²) in [5.41, 5.74) is 2.80. The monoisotopic (exact) mass is 348 g/mol. The lowest BCUT2D eigenvalue weighted by molar-refractivity contribution is -0.134. The molecule has 1 aliphatic rings. The molecule has 1 aromatic carbocycles. The first kappa shape index (κ1) is 19.6. The lowest BCUT2D eigenvalue weighted by atomic mass is 9.87. The molecular weight excluding hydrogens is 320 g/mol. The van der Waals surface area contributed by atoms with E-state index >= 15 is 0 Å². The van der Waals surface area contributed by atoms with Crippen LogP contribution in [0.1, 0.15) is 72.0 Å². The number of benzene rings is 1. The van der Waals surface area contributed by atoms with Crippen molar-refractivity contribution in [3.05, 3.63) is 27.8 Å². The van der Waals surface area contributed by atoms with Gasteiger partial charge >= 0.3 is 0 Å². The average molecular weight is 348 g/mol. The fraction of sp³-hybridized carbons (Fsp3) is 0.600. The Morgan fingerprint density at radius 1 is 1.20 bits per heavy atom. The lowest BCUT2D eigenvalue weighted by Gasteiger charge is -2.22. The molecule has 0 amide bonds. The van der Waals surface area contributed by atoms with E-state index in [4.69, 9.17) is 9.47 Å². The molecule has 0 heterocycles. The van der Waals surface area contributed by atoms with Crippen molar-refractivity contribution in [1.82, 2.24) is 0 Å². The van der Waals surface area contributed by atoms with E-state index in [2.05, 4.69) is 13.8 Å². The third-order valence-electron chi connectivity index (χ3n) is 4.69. The predicted molar refractivity (Wildman–Crippen MR) is 95.4 cm³/mol. The van der Waals surface area contributed by atoms with E-state index in [-0.39, 0.29) is 28.9 Å². The predicted octanol–water partition coefficient (Wildman–Crippen LogP) is 3.47. The highest BCUT2D eigenvalue weighted by Crippen LogP contribution is 2.45. The SMILES string of the molecule is CCOC(Cc1c(C=O)c(O)c2c(c1C(C)=O)CC(C)(C)C2)OCC. The smallest absolute Gasteiger partial charge is 0.161 e. The van der Waals surface area contributed by atoms with Gasteiger partial charge in [0, 0.05) is 25.2 Å². The van der Waals surface area contributed by atoms with Crippen molar-refractivity contribution < 1.29 is 24.2 Å². The van der Waals surface area contributed by atoms with E-state index < -0.39 is 6.29 Å². The molecular formula is C20H28O5. The van der Waals surface area contributed by atoms with Crippen LogP contribution < -0.4 is 0 Å².